The maximum Gasteiger partial charge on any atom is 0.242 e. The number of imidazole rings is 1. The van der Waals surface area contributed by atoms with Gasteiger partial charge in [0.25, 0.3) is 0 Å². The number of amides is 1. The summed E-state index contributed by atoms with van der Waals surface area (Å²) in [6.45, 7) is 1.44. The van der Waals surface area contributed by atoms with Gasteiger partial charge in [-0.05, 0) is 24.3 Å². The molecule has 1 N–H and O–H groups in total. The zero-order valence-corrected chi connectivity index (χ0v) is 12.9. The molecule has 0 aliphatic carbocycles. The van der Waals surface area contributed by atoms with Crippen LogP contribution < -0.4 is 0 Å². The highest BCUT2D eigenvalue weighted by Gasteiger charge is 2.25. The summed E-state index contributed by atoms with van der Waals surface area (Å²) in [6, 6.07) is 6.25. The van der Waals surface area contributed by atoms with E-state index in [1.165, 1.54) is 12.1 Å². The maximum atomic E-state index is 13.1. The van der Waals surface area contributed by atoms with Gasteiger partial charge in [0.05, 0.1) is 12.0 Å². The number of hydrogen-bond acceptors (Lipinski definition) is 3. The van der Waals surface area contributed by atoms with E-state index in [0.29, 0.717) is 13.1 Å². The van der Waals surface area contributed by atoms with Gasteiger partial charge in [0, 0.05) is 48.7 Å². The Morgan fingerprint density at radius 2 is 2.12 bits per heavy atom. The minimum absolute atomic E-state index is 0.0462. The van der Waals surface area contributed by atoms with E-state index in [0.717, 1.165) is 28.9 Å². The Morgan fingerprint density at radius 3 is 2.88 bits per heavy atom. The van der Waals surface area contributed by atoms with Crippen LogP contribution in [0.4, 0.5) is 4.39 Å². The summed E-state index contributed by atoms with van der Waals surface area (Å²) < 4.78 is 14.9. The van der Waals surface area contributed by atoms with Crippen molar-refractivity contribution in [3.63, 3.8) is 0 Å². The van der Waals surface area contributed by atoms with Crippen LogP contribution in [0.15, 0.2) is 43.0 Å². The lowest BCUT2D eigenvalue weighted by molar-refractivity contribution is -0.132. The number of halogens is 1. The molecule has 0 fully saturated rings. The van der Waals surface area contributed by atoms with Crippen LogP contribution >= 0.6 is 0 Å². The monoisotopic (exact) mass is 325 g/mol. The second-order valence-electron chi connectivity index (χ2n) is 5.84. The van der Waals surface area contributed by atoms with Gasteiger partial charge in [-0.25, -0.2) is 9.37 Å². The number of H-pyrrole nitrogens is 1. The third-order valence-electron chi connectivity index (χ3n) is 4.28. The topological polar surface area (TPSA) is 66.8 Å². The van der Waals surface area contributed by atoms with E-state index in [2.05, 4.69) is 15.2 Å². The molecule has 3 heterocycles. The van der Waals surface area contributed by atoms with Gasteiger partial charge in [-0.15, -0.1) is 0 Å². The molecule has 0 unspecified atom stereocenters. The van der Waals surface area contributed by atoms with Crippen LogP contribution in [0.1, 0.15) is 11.3 Å². The van der Waals surface area contributed by atoms with Crippen molar-refractivity contribution in [3.8, 4) is 11.3 Å². The first-order valence-electron chi connectivity index (χ1n) is 7.76. The molecule has 1 aliphatic heterocycles. The van der Waals surface area contributed by atoms with E-state index in [4.69, 9.17) is 0 Å². The normalized spacial score (nSPS) is 13.8. The molecule has 0 spiro atoms. The number of hydrogen-bond donors (Lipinski definition) is 1. The fourth-order valence-corrected chi connectivity index (χ4v) is 2.99. The van der Waals surface area contributed by atoms with Crippen molar-refractivity contribution in [2.75, 3.05) is 6.54 Å². The first kappa shape index (κ1) is 14.6. The zero-order chi connectivity index (χ0) is 16.5. The first-order valence-corrected chi connectivity index (χ1v) is 7.76. The molecule has 1 aromatic carbocycles. The second kappa shape index (κ2) is 5.92. The van der Waals surface area contributed by atoms with Crippen molar-refractivity contribution in [2.45, 2.75) is 19.5 Å². The standard InChI is InChI=1S/C17H16FN5O/c18-13-3-1-12(2-4-13)17-14-9-23(7-5-15(14)20-21-17)16(24)10-22-8-6-19-11-22/h1-4,6,8,11H,5,7,9-10H2,(H,20,21). The van der Waals surface area contributed by atoms with Crippen LogP contribution in [-0.2, 0) is 24.3 Å². The molecule has 0 atom stereocenters. The van der Waals surface area contributed by atoms with Crippen molar-refractivity contribution in [2.24, 2.45) is 0 Å². The number of nitrogens with one attached hydrogen (secondary N) is 1. The van der Waals surface area contributed by atoms with Crippen molar-refractivity contribution in [1.29, 1.82) is 0 Å². The molecule has 6 nitrogen and oxygen atoms in total. The molecule has 0 bridgehead atoms. The van der Waals surface area contributed by atoms with Gasteiger partial charge in [0.15, 0.2) is 0 Å². The minimum atomic E-state index is -0.278. The molecule has 2 aromatic heterocycles. The summed E-state index contributed by atoms with van der Waals surface area (Å²) in [4.78, 5) is 18.3. The molecule has 0 saturated carbocycles. The summed E-state index contributed by atoms with van der Waals surface area (Å²) in [6.07, 6.45) is 5.80. The molecular weight excluding hydrogens is 309 g/mol. The molecule has 1 aliphatic rings. The third-order valence-corrected chi connectivity index (χ3v) is 4.28. The van der Waals surface area contributed by atoms with Crippen molar-refractivity contribution >= 4 is 5.91 Å². The summed E-state index contributed by atoms with van der Waals surface area (Å²) in [5.41, 5.74) is 3.68. The summed E-state index contributed by atoms with van der Waals surface area (Å²) in [5, 5.41) is 7.41. The Morgan fingerprint density at radius 1 is 1.29 bits per heavy atom. The number of carbonyl (C=O) groups is 1. The molecular formula is C17H16FN5O. The van der Waals surface area contributed by atoms with Crippen molar-refractivity contribution in [3.05, 3.63) is 60.1 Å². The molecule has 122 valence electrons. The number of aromatic nitrogens is 4. The Balaban J connectivity index is 1.57. The number of aromatic amines is 1. The molecule has 4 rings (SSSR count). The molecule has 7 heteroatoms. The van der Waals surface area contributed by atoms with Gasteiger partial charge in [-0.2, -0.15) is 5.10 Å². The van der Waals surface area contributed by atoms with Crippen LogP contribution in [0.25, 0.3) is 11.3 Å². The fraction of sp³-hybridized carbons (Fsp3) is 0.235. The SMILES string of the molecule is O=C(Cn1ccnc1)N1CCc2[nH]nc(-c3ccc(F)cc3)c2C1. The van der Waals surface area contributed by atoms with Crippen LogP contribution in [-0.4, -0.2) is 37.1 Å². The fourth-order valence-electron chi connectivity index (χ4n) is 2.99. The average Bonchev–Trinajstić information content (AvgIpc) is 3.24. The first-order chi connectivity index (χ1) is 11.7. The van der Waals surface area contributed by atoms with Crippen LogP contribution in [0.3, 0.4) is 0 Å². The van der Waals surface area contributed by atoms with E-state index in [1.54, 1.807) is 35.4 Å². The van der Waals surface area contributed by atoms with E-state index in [9.17, 15) is 9.18 Å². The number of rotatable bonds is 3. The third kappa shape index (κ3) is 2.68. The number of benzene rings is 1. The summed E-state index contributed by atoms with van der Waals surface area (Å²) in [7, 11) is 0. The number of nitrogens with zero attached hydrogens (tertiary/aromatic N) is 4. The number of fused-ring (bicyclic) bond motifs is 1. The minimum Gasteiger partial charge on any atom is -0.336 e. The van der Waals surface area contributed by atoms with Gasteiger partial charge in [-0.1, -0.05) is 0 Å². The molecule has 3 aromatic rings. The highest BCUT2D eigenvalue weighted by molar-refractivity contribution is 5.77. The molecule has 0 radical (unpaired) electrons. The largest absolute Gasteiger partial charge is 0.336 e. The Kier molecular flexibility index (Phi) is 3.60. The molecule has 1 amide bonds. The second-order valence-corrected chi connectivity index (χ2v) is 5.84. The number of carbonyl (C=O) groups excluding carboxylic acids is 1. The lowest BCUT2D eigenvalue weighted by Gasteiger charge is -2.27. The maximum absolute atomic E-state index is 13.1. The van der Waals surface area contributed by atoms with Gasteiger partial charge in [-0.3, -0.25) is 9.89 Å². The van der Waals surface area contributed by atoms with E-state index in [-0.39, 0.29) is 18.3 Å². The summed E-state index contributed by atoms with van der Waals surface area (Å²) >= 11 is 0. The molecule has 0 saturated heterocycles. The van der Waals surface area contributed by atoms with Crippen molar-refractivity contribution in [1.82, 2.24) is 24.6 Å². The Labute approximate surface area is 137 Å². The van der Waals surface area contributed by atoms with E-state index >= 15 is 0 Å². The van der Waals surface area contributed by atoms with E-state index < -0.39 is 0 Å². The Hall–Kier alpha value is -2.96. The average molecular weight is 325 g/mol. The van der Waals surface area contributed by atoms with Gasteiger partial charge < -0.3 is 9.47 Å². The lowest BCUT2D eigenvalue weighted by Crippen LogP contribution is -2.37. The van der Waals surface area contributed by atoms with Gasteiger partial charge in [0.1, 0.15) is 12.4 Å². The highest BCUT2D eigenvalue weighted by Crippen LogP contribution is 2.28. The van der Waals surface area contributed by atoms with Crippen LogP contribution in [0.2, 0.25) is 0 Å². The predicted molar refractivity (Wildman–Crippen MR) is 85.3 cm³/mol. The Bertz CT molecular complexity index is 854. The van der Waals surface area contributed by atoms with E-state index in [1.807, 2.05) is 4.90 Å². The molecule has 24 heavy (non-hydrogen) atoms. The van der Waals surface area contributed by atoms with Crippen LogP contribution in [0, 0.1) is 5.82 Å². The van der Waals surface area contributed by atoms with Crippen molar-refractivity contribution < 1.29 is 9.18 Å². The summed E-state index contributed by atoms with van der Waals surface area (Å²) in [5.74, 6) is -0.231. The van der Waals surface area contributed by atoms with Crippen LogP contribution in [0.5, 0.6) is 0 Å². The lowest BCUT2D eigenvalue weighted by atomic mass is 10.0. The zero-order valence-electron chi connectivity index (χ0n) is 12.9. The van der Waals surface area contributed by atoms with Gasteiger partial charge >= 0.3 is 0 Å². The van der Waals surface area contributed by atoms with Gasteiger partial charge in [0.2, 0.25) is 5.91 Å². The quantitative estimate of drug-likeness (QED) is 0.801. The predicted octanol–water partition coefficient (Wildman–Crippen LogP) is 2.00. The highest BCUT2D eigenvalue weighted by atomic mass is 19.1. The smallest absolute Gasteiger partial charge is 0.242 e.